The Bertz CT molecular complexity index is 319. The van der Waals surface area contributed by atoms with Crippen molar-refractivity contribution in [1.29, 1.82) is 0 Å². The van der Waals surface area contributed by atoms with Gasteiger partial charge in [-0.2, -0.15) is 0 Å². The van der Waals surface area contributed by atoms with Crippen LogP contribution in [-0.4, -0.2) is 23.3 Å². The predicted molar refractivity (Wildman–Crippen MR) is 57.5 cm³/mol. The lowest BCUT2D eigenvalue weighted by Crippen LogP contribution is -2.23. The van der Waals surface area contributed by atoms with Crippen molar-refractivity contribution in [3.63, 3.8) is 0 Å². The maximum atomic E-state index is 10.1. The smallest absolute Gasteiger partial charge is 0.107 e. The molecule has 0 bridgehead atoms. The van der Waals surface area contributed by atoms with Crippen molar-refractivity contribution in [2.45, 2.75) is 32.0 Å². The van der Waals surface area contributed by atoms with Gasteiger partial charge >= 0.3 is 0 Å². The summed E-state index contributed by atoms with van der Waals surface area (Å²) in [5.74, 6) is 0.520. The second-order valence-electron chi connectivity index (χ2n) is 4.22. The van der Waals surface area contributed by atoms with E-state index in [4.69, 9.17) is 4.74 Å². The summed E-state index contributed by atoms with van der Waals surface area (Å²) in [6.45, 7) is 1.94. The van der Waals surface area contributed by atoms with Gasteiger partial charge in [0.1, 0.15) is 6.10 Å². The van der Waals surface area contributed by atoms with Gasteiger partial charge in [-0.25, -0.2) is 0 Å². The number of nitrogens with zero attached hydrogens (tertiary/aromatic N) is 1. The molecule has 0 amide bonds. The Kier molecular flexibility index (Phi) is 3.03. The van der Waals surface area contributed by atoms with Crippen LogP contribution < -0.4 is 0 Å². The zero-order valence-electron chi connectivity index (χ0n) is 9.18. The molecule has 1 aliphatic rings. The molecule has 0 aliphatic heterocycles. The molecule has 82 valence electrons. The second-order valence-corrected chi connectivity index (χ2v) is 4.22. The molecule has 0 saturated heterocycles. The standard InChI is InChI=1S/C12H17NO2/c1-8-3-4-10(7-13-8)11(14)12(15-2)9-5-6-9/h3-4,7,9,11-12,14H,5-6H2,1-2H3. The maximum Gasteiger partial charge on any atom is 0.107 e. The fourth-order valence-corrected chi connectivity index (χ4v) is 1.85. The third-order valence-electron chi connectivity index (χ3n) is 2.95. The first-order chi connectivity index (χ1) is 7.22. The van der Waals surface area contributed by atoms with Crippen molar-refractivity contribution < 1.29 is 9.84 Å². The van der Waals surface area contributed by atoms with Gasteiger partial charge in [-0.1, -0.05) is 6.07 Å². The number of ether oxygens (including phenoxy) is 1. The Hall–Kier alpha value is -0.930. The van der Waals surface area contributed by atoms with Crippen LogP contribution in [0.15, 0.2) is 18.3 Å². The number of aryl methyl sites for hydroxylation is 1. The minimum absolute atomic E-state index is 0.0745. The molecule has 2 rings (SSSR count). The maximum absolute atomic E-state index is 10.1. The van der Waals surface area contributed by atoms with Gasteiger partial charge in [-0.05, 0) is 31.7 Å². The van der Waals surface area contributed by atoms with E-state index < -0.39 is 6.10 Å². The van der Waals surface area contributed by atoms with Gasteiger partial charge in [0, 0.05) is 24.6 Å². The summed E-state index contributed by atoms with van der Waals surface area (Å²) in [5, 5.41) is 10.1. The topological polar surface area (TPSA) is 42.4 Å². The molecule has 1 aliphatic carbocycles. The quantitative estimate of drug-likeness (QED) is 0.819. The van der Waals surface area contributed by atoms with Gasteiger partial charge in [0.2, 0.25) is 0 Å². The van der Waals surface area contributed by atoms with Crippen LogP contribution in [0.5, 0.6) is 0 Å². The van der Waals surface area contributed by atoms with Gasteiger partial charge in [-0.15, -0.1) is 0 Å². The van der Waals surface area contributed by atoms with Crippen LogP contribution in [-0.2, 0) is 4.74 Å². The Balaban J connectivity index is 2.11. The lowest BCUT2D eigenvalue weighted by Gasteiger charge is -2.21. The minimum Gasteiger partial charge on any atom is -0.386 e. The average molecular weight is 207 g/mol. The van der Waals surface area contributed by atoms with E-state index >= 15 is 0 Å². The Labute approximate surface area is 90.1 Å². The Morgan fingerprint density at radius 2 is 2.20 bits per heavy atom. The van der Waals surface area contributed by atoms with E-state index in [1.807, 2.05) is 19.1 Å². The molecule has 0 radical (unpaired) electrons. The highest BCUT2D eigenvalue weighted by molar-refractivity contribution is 5.17. The summed E-state index contributed by atoms with van der Waals surface area (Å²) >= 11 is 0. The van der Waals surface area contributed by atoms with E-state index in [0.717, 1.165) is 24.1 Å². The van der Waals surface area contributed by atoms with Gasteiger partial charge in [0.05, 0.1) is 6.10 Å². The van der Waals surface area contributed by atoms with Gasteiger partial charge < -0.3 is 9.84 Å². The van der Waals surface area contributed by atoms with E-state index in [1.165, 1.54) is 0 Å². The number of rotatable bonds is 4. The van der Waals surface area contributed by atoms with Gasteiger partial charge in [0.15, 0.2) is 0 Å². The van der Waals surface area contributed by atoms with Crippen molar-refractivity contribution in [3.05, 3.63) is 29.6 Å². The summed E-state index contributed by atoms with van der Waals surface area (Å²) in [6.07, 6.45) is 3.43. The molecule has 2 atom stereocenters. The minimum atomic E-state index is -0.546. The summed E-state index contributed by atoms with van der Waals surface area (Å²) in [4.78, 5) is 4.18. The molecule has 1 saturated carbocycles. The van der Waals surface area contributed by atoms with Gasteiger partial charge in [-0.3, -0.25) is 4.98 Å². The van der Waals surface area contributed by atoms with E-state index in [2.05, 4.69) is 4.98 Å². The van der Waals surface area contributed by atoms with E-state index in [1.54, 1.807) is 13.3 Å². The molecular formula is C12H17NO2. The SMILES string of the molecule is COC(C1CC1)C(O)c1ccc(C)nc1. The lowest BCUT2D eigenvalue weighted by molar-refractivity contribution is -0.0260. The molecule has 15 heavy (non-hydrogen) atoms. The molecule has 1 N–H and O–H groups in total. The molecule has 2 unspecified atom stereocenters. The van der Waals surface area contributed by atoms with Crippen LogP contribution in [0.3, 0.4) is 0 Å². The molecule has 1 aromatic heterocycles. The monoisotopic (exact) mass is 207 g/mol. The summed E-state index contributed by atoms with van der Waals surface area (Å²) in [6, 6.07) is 3.83. The van der Waals surface area contributed by atoms with Crippen LogP contribution in [0, 0.1) is 12.8 Å². The zero-order valence-corrected chi connectivity index (χ0v) is 9.18. The van der Waals surface area contributed by atoms with Crippen molar-refractivity contribution >= 4 is 0 Å². The number of aliphatic hydroxyl groups excluding tert-OH is 1. The number of aromatic nitrogens is 1. The molecule has 3 nitrogen and oxygen atoms in total. The predicted octanol–water partition coefficient (Wildman–Crippen LogP) is 1.85. The van der Waals surface area contributed by atoms with Crippen molar-refractivity contribution in [2.24, 2.45) is 5.92 Å². The first kappa shape index (κ1) is 10.6. The number of hydrogen-bond acceptors (Lipinski definition) is 3. The lowest BCUT2D eigenvalue weighted by atomic mass is 10.0. The van der Waals surface area contributed by atoms with E-state index in [0.29, 0.717) is 5.92 Å². The van der Waals surface area contributed by atoms with E-state index in [-0.39, 0.29) is 6.10 Å². The normalized spacial score (nSPS) is 19.9. The molecule has 1 heterocycles. The summed E-state index contributed by atoms with van der Waals surface area (Å²) < 4.78 is 5.34. The number of methoxy groups -OCH3 is 1. The van der Waals surface area contributed by atoms with E-state index in [9.17, 15) is 5.11 Å². The third-order valence-corrected chi connectivity index (χ3v) is 2.95. The highest BCUT2D eigenvalue weighted by Crippen LogP contribution is 2.39. The first-order valence-corrected chi connectivity index (χ1v) is 5.36. The van der Waals surface area contributed by atoms with Crippen LogP contribution in [0.4, 0.5) is 0 Å². The van der Waals surface area contributed by atoms with Crippen LogP contribution >= 0.6 is 0 Å². The molecule has 0 aromatic carbocycles. The fourth-order valence-electron chi connectivity index (χ4n) is 1.85. The molecule has 0 spiro atoms. The van der Waals surface area contributed by atoms with Crippen LogP contribution in [0.2, 0.25) is 0 Å². The fraction of sp³-hybridized carbons (Fsp3) is 0.583. The summed E-state index contributed by atoms with van der Waals surface area (Å²) in [7, 11) is 1.66. The van der Waals surface area contributed by atoms with Crippen molar-refractivity contribution in [1.82, 2.24) is 4.98 Å². The molecule has 3 heteroatoms. The number of hydrogen-bond donors (Lipinski definition) is 1. The molecular weight excluding hydrogens is 190 g/mol. The van der Waals surface area contributed by atoms with Crippen LogP contribution in [0.25, 0.3) is 0 Å². The first-order valence-electron chi connectivity index (χ1n) is 5.36. The van der Waals surface area contributed by atoms with Crippen LogP contribution in [0.1, 0.15) is 30.2 Å². The molecule has 1 fully saturated rings. The zero-order chi connectivity index (χ0) is 10.8. The number of aliphatic hydroxyl groups is 1. The highest BCUT2D eigenvalue weighted by atomic mass is 16.5. The molecule has 1 aromatic rings. The Morgan fingerprint density at radius 1 is 1.47 bits per heavy atom. The van der Waals surface area contributed by atoms with Gasteiger partial charge in [0.25, 0.3) is 0 Å². The second kappa shape index (κ2) is 4.29. The summed E-state index contributed by atoms with van der Waals surface area (Å²) in [5.41, 5.74) is 1.81. The Morgan fingerprint density at radius 3 is 2.67 bits per heavy atom. The van der Waals surface area contributed by atoms with Crippen molar-refractivity contribution in [3.8, 4) is 0 Å². The van der Waals surface area contributed by atoms with Crippen molar-refractivity contribution in [2.75, 3.05) is 7.11 Å². The highest BCUT2D eigenvalue weighted by Gasteiger charge is 2.36. The number of pyridine rings is 1. The average Bonchev–Trinajstić information content (AvgIpc) is 3.04. The largest absolute Gasteiger partial charge is 0.386 e. The third kappa shape index (κ3) is 2.36.